The largest absolute Gasteiger partial charge is 0.508 e. The van der Waals surface area contributed by atoms with Crippen molar-refractivity contribution in [3.63, 3.8) is 0 Å². The molecule has 1 heterocycles. The van der Waals surface area contributed by atoms with Crippen LogP contribution in [0.15, 0.2) is 41.9 Å². The number of phenolic OH excluding ortho intramolecular Hbond substituents is 1. The third kappa shape index (κ3) is 3.01. The first kappa shape index (κ1) is 14.2. The number of benzene rings is 1. The summed E-state index contributed by atoms with van der Waals surface area (Å²) in [6, 6.07) is 4.61. The van der Waals surface area contributed by atoms with Gasteiger partial charge >= 0.3 is 7.12 Å². The van der Waals surface area contributed by atoms with E-state index >= 15 is 0 Å². The Bertz CT molecular complexity index is 529. The van der Waals surface area contributed by atoms with Crippen LogP contribution < -0.4 is 0 Å². The average Bonchev–Trinajstić information content (AvgIpc) is 2.37. The summed E-state index contributed by atoms with van der Waals surface area (Å²) < 4.78 is 5.48. The second-order valence-electron chi connectivity index (χ2n) is 4.34. The van der Waals surface area contributed by atoms with E-state index in [0.29, 0.717) is 28.1 Å². The molecule has 1 aliphatic rings. The summed E-state index contributed by atoms with van der Waals surface area (Å²) in [7, 11) is -1.14. The number of aliphatic hydroxyl groups is 1. The molecule has 0 saturated heterocycles. The molecule has 1 aromatic rings. The van der Waals surface area contributed by atoms with Crippen LogP contribution in [0.2, 0.25) is 5.02 Å². The maximum Gasteiger partial charge on any atom is 0.491 e. The van der Waals surface area contributed by atoms with E-state index in [2.05, 4.69) is 6.58 Å². The van der Waals surface area contributed by atoms with Gasteiger partial charge in [-0.15, -0.1) is 0 Å². The zero-order valence-corrected chi connectivity index (χ0v) is 11.0. The van der Waals surface area contributed by atoms with Crippen molar-refractivity contribution in [2.45, 2.75) is 12.5 Å². The predicted octanol–water partition coefficient (Wildman–Crippen LogP) is 2.00. The molecule has 4 nitrogen and oxygen atoms in total. The molecule has 3 N–H and O–H groups in total. The molecule has 0 bridgehead atoms. The minimum Gasteiger partial charge on any atom is -0.508 e. The van der Waals surface area contributed by atoms with E-state index in [0.717, 1.165) is 0 Å². The molecule has 0 spiro atoms. The van der Waals surface area contributed by atoms with Crippen molar-refractivity contribution < 1.29 is 19.9 Å². The van der Waals surface area contributed by atoms with Crippen molar-refractivity contribution in [3.8, 4) is 5.75 Å². The molecule has 0 saturated carbocycles. The fourth-order valence-corrected chi connectivity index (χ4v) is 2.30. The zero-order valence-electron chi connectivity index (χ0n) is 10.2. The van der Waals surface area contributed by atoms with Crippen LogP contribution in [0.5, 0.6) is 5.75 Å². The summed E-state index contributed by atoms with van der Waals surface area (Å²) in [5.74, 6) is 0.0787. The van der Waals surface area contributed by atoms with Crippen LogP contribution in [0.4, 0.5) is 0 Å². The maximum absolute atomic E-state index is 9.89. The van der Waals surface area contributed by atoms with Crippen molar-refractivity contribution in [2.75, 3.05) is 6.61 Å². The van der Waals surface area contributed by atoms with E-state index in [4.69, 9.17) is 21.4 Å². The van der Waals surface area contributed by atoms with Gasteiger partial charge in [0, 0.05) is 5.02 Å². The van der Waals surface area contributed by atoms with Crippen LogP contribution >= 0.6 is 11.6 Å². The second-order valence-corrected chi connectivity index (χ2v) is 4.75. The highest BCUT2D eigenvalue weighted by molar-refractivity contribution is 6.54. The molecule has 1 atom stereocenters. The van der Waals surface area contributed by atoms with Gasteiger partial charge < -0.3 is 19.9 Å². The molecule has 6 heteroatoms. The molecule has 1 aromatic carbocycles. The highest BCUT2D eigenvalue weighted by Gasteiger charge is 2.31. The normalized spacial score (nSPS) is 19.2. The third-order valence-corrected chi connectivity index (χ3v) is 3.37. The van der Waals surface area contributed by atoms with E-state index < -0.39 is 13.2 Å². The first-order valence-corrected chi connectivity index (χ1v) is 6.21. The molecule has 0 amide bonds. The Morgan fingerprint density at radius 3 is 2.84 bits per heavy atom. The van der Waals surface area contributed by atoms with Crippen LogP contribution in [-0.2, 0) is 4.65 Å². The summed E-state index contributed by atoms with van der Waals surface area (Å²) in [6.07, 6.45) is 1.90. The third-order valence-electron chi connectivity index (χ3n) is 3.04. The standard InChI is InChI=1S/C13H14BClO4/c1-8(7-16)11-4-5-13(19-14(11)18)10-3-2-9(17)6-12(10)15/h2-4,6,13,16-18H,1,5,7H2. The Labute approximate surface area is 116 Å². The van der Waals surface area contributed by atoms with E-state index in [-0.39, 0.29) is 12.4 Å². The Balaban J connectivity index is 2.22. The SMILES string of the molecule is C=C(CO)C1=CCC(c2ccc(O)cc2Cl)OB1O. The van der Waals surface area contributed by atoms with Crippen molar-refractivity contribution in [2.24, 2.45) is 0 Å². The first-order chi connectivity index (χ1) is 9.02. The van der Waals surface area contributed by atoms with Crippen LogP contribution in [0.1, 0.15) is 18.1 Å². The number of phenols is 1. The molecule has 100 valence electrons. The second kappa shape index (κ2) is 5.80. The van der Waals surface area contributed by atoms with Crippen LogP contribution in [-0.4, -0.2) is 29.0 Å². The topological polar surface area (TPSA) is 69.9 Å². The quantitative estimate of drug-likeness (QED) is 0.741. The number of aliphatic hydroxyl groups excluding tert-OH is 1. The molecule has 19 heavy (non-hydrogen) atoms. The zero-order chi connectivity index (χ0) is 14.0. The highest BCUT2D eigenvalue weighted by Crippen LogP contribution is 2.35. The van der Waals surface area contributed by atoms with E-state index in [9.17, 15) is 10.1 Å². The number of hydrogen-bond acceptors (Lipinski definition) is 4. The smallest absolute Gasteiger partial charge is 0.491 e. The number of hydrogen-bond donors (Lipinski definition) is 3. The van der Waals surface area contributed by atoms with Gasteiger partial charge in [0.1, 0.15) is 5.75 Å². The van der Waals surface area contributed by atoms with Gasteiger partial charge in [-0.3, -0.25) is 0 Å². The maximum atomic E-state index is 9.89. The van der Waals surface area contributed by atoms with Gasteiger partial charge in [0.25, 0.3) is 0 Å². The molecule has 1 aliphatic heterocycles. The summed E-state index contributed by atoms with van der Waals surface area (Å²) in [4.78, 5) is 0. The van der Waals surface area contributed by atoms with Gasteiger partial charge in [0.15, 0.2) is 0 Å². The summed E-state index contributed by atoms with van der Waals surface area (Å²) in [5.41, 5.74) is 1.62. The number of halogens is 1. The van der Waals surface area contributed by atoms with Crippen LogP contribution in [0.3, 0.4) is 0 Å². The Morgan fingerprint density at radius 2 is 2.26 bits per heavy atom. The van der Waals surface area contributed by atoms with Gasteiger partial charge in [-0.05, 0) is 35.2 Å². The van der Waals surface area contributed by atoms with Crippen LogP contribution in [0, 0.1) is 0 Å². The summed E-state index contributed by atoms with van der Waals surface area (Å²) in [6.45, 7) is 3.43. The molecule has 0 radical (unpaired) electrons. The van der Waals surface area contributed by atoms with Crippen molar-refractivity contribution in [1.29, 1.82) is 0 Å². The van der Waals surface area contributed by atoms with Crippen molar-refractivity contribution >= 4 is 18.7 Å². The lowest BCUT2D eigenvalue weighted by Gasteiger charge is -2.26. The number of aromatic hydroxyl groups is 1. The molecular formula is C13H14BClO4. The van der Waals surface area contributed by atoms with Gasteiger partial charge in [-0.25, -0.2) is 0 Å². The van der Waals surface area contributed by atoms with Gasteiger partial charge in [0.05, 0.1) is 12.7 Å². The molecule has 0 fully saturated rings. The molecule has 2 rings (SSSR count). The van der Waals surface area contributed by atoms with E-state index in [1.54, 1.807) is 12.1 Å². The summed E-state index contributed by atoms with van der Waals surface area (Å²) >= 11 is 6.04. The van der Waals surface area contributed by atoms with Crippen molar-refractivity contribution in [3.05, 3.63) is 52.5 Å². The summed E-state index contributed by atoms with van der Waals surface area (Å²) in [5, 5.41) is 28.6. The van der Waals surface area contributed by atoms with Crippen molar-refractivity contribution in [1.82, 2.24) is 0 Å². The molecule has 1 unspecified atom stereocenters. The van der Waals surface area contributed by atoms with E-state index in [1.807, 2.05) is 0 Å². The lowest BCUT2D eigenvalue weighted by atomic mass is 9.71. The Kier molecular flexibility index (Phi) is 4.32. The minimum absolute atomic E-state index is 0.0787. The van der Waals surface area contributed by atoms with Gasteiger partial charge in [-0.2, -0.15) is 0 Å². The fraction of sp³-hybridized carbons (Fsp3) is 0.231. The molecule has 0 aromatic heterocycles. The lowest BCUT2D eigenvalue weighted by Crippen LogP contribution is -2.29. The van der Waals surface area contributed by atoms with Gasteiger partial charge in [0.2, 0.25) is 0 Å². The predicted molar refractivity (Wildman–Crippen MR) is 73.8 cm³/mol. The lowest BCUT2D eigenvalue weighted by molar-refractivity contribution is 0.168. The number of rotatable bonds is 3. The first-order valence-electron chi connectivity index (χ1n) is 5.84. The monoisotopic (exact) mass is 280 g/mol. The Morgan fingerprint density at radius 1 is 1.53 bits per heavy atom. The average molecular weight is 281 g/mol. The molecule has 0 aliphatic carbocycles. The molecular weight excluding hydrogens is 266 g/mol. The Hall–Kier alpha value is -1.27. The fourth-order valence-electron chi connectivity index (χ4n) is 2.01. The van der Waals surface area contributed by atoms with E-state index in [1.165, 1.54) is 12.1 Å². The highest BCUT2D eigenvalue weighted by atomic mass is 35.5. The van der Waals surface area contributed by atoms with Crippen LogP contribution in [0.25, 0.3) is 0 Å². The minimum atomic E-state index is -1.14. The van der Waals surface area contributed by atoms with Gasteiger partial charge in [-0.1, -0.05) is 30.3 Å².